The Hall–Kier alpha value is -2.34. The number of rotatable bonds is 8. The van der Waals surface area contributed by atoms with Crippen LogP contribution >= 0.6 is 0 Å². The van der Waals surface area contributed by atoms with Gasteiger partial charge in [0.1, 0.15) is 0 Å². The van der Waals surface area contributed by atoms with Crippen molar-refractivity contribution in [1.82, 2.24) is 20.0 Å². The maximum absolute atomic E-state index is 5.74. The van der Waals surface area contributed by atoms with Crippen molar-refractivity contribution in [2.75, 3.05) is 33.9 Å². The number of nitrogens with zero attached hydrogens (tertiary/aromatic N) is 4. The van der Waals surface area contributed by atoms with Gasteiger partial charge < -0.3 is 15.0 Å². The first kappa shape index (κ1) is 19.4. The van der Waals surface area contributed by atoms with E-state index in [4.69, 9.17) is 4.74 Å². The normalized spacial score (nSPS) is 14.4. The molecule has 1 aromatic carbocycles. The second kappa shape index (κ2) is 9.04. The van der Waals surface area contributed by atoms with Crippen LogP contribution in [-0.2, 0) is 11.3 Å². The summed E-state index contributed by atoms with van der Waals surface area (Å²) in [6.07, 6.45) is 2.65. The lowest BCUT2D eigenvalue weighted by Crippen LogP contribution is -2.40. The molecular formula is C21H31N5O. The number of hydrogen-bond acceptors (Lipinski definition) is 3. The zero-order valence-corrected chi connectivity index (χ0v) is 16.9. The lowest BCUT2D eigenvalue weighted by atomic mass is 10.1. The van der Waals surface area contributed by atoms with Crippen molar-refractivity contribution in [2.24, 2.45) is 10.9 Å². The molecule has 3 rings (SSSR count). The van der Waals surface area contributed by atoms with Gasteiger partial charge in [0.15, 0.2) is 5.96 Å². The maximum atomic E-state index is 5.74. The molecule has 0 atom stereocenters. The van der Waals surface area contributed by atoms with Crippen molar-refractivity contribution in [3.63, 3.8) is 0 Å². The summed E-state index contributed by atoms with van der Waals surface area (Å²) in [5, 5.41) is 8.09. The number of aromatic nitrogens is 2. The van der Waals surface area contributed by atoms with Gasteiger partial charge in [-0.15, -0.1) is 0 Å². The lowest BCUT2D eigenvalue weighted by molar-refractivity contribution is 0.115. The molecule has 6 nitrogen and oxygen atoms in total. The van der Waals surface area contributed by atoms with Crippen LogP contribution in [0.2, 0.25) is 0 Å². The molecule has 0 amide bonds. The van der Waals surface area contributed by atoms with Crippen molar-refractivity contribution in [3.8, 4) is 5.69 Å². The molecule has 0 aliphatic heterocycles. The Morgan fingerprint density at radius 1 is 1.33 bits per heavy atom. The minimum absolute atomic E-state index is 0.689. The zero-order chi connectivity index (χ0) is 19.2. The third-order valence-corrected chi connectivity index (χ3v) is 4.86. The molecule has 1 aliphatic carbocycles. The van der Waals surface area contributed by atoms with Gasteiger partial charge in [-0.05, 0) is 50.3 Å². The third kappa shape index (κ3) is 5.32. The Labute approximate surface area is 162 Å². The van der Waals surface area contributed by atoms with Gasteiger partial charge in [-0.1, -0.05) is 18.2 Å². The first-order valence-electron chi connectivity index (χ1n) is 9.69. The highest BCUT2D eigenvalue weighted by Crippen LogP contribution is 2.28. The molecule has 0 radical (unpaired) electrons. The molecule has 27 heavy (non-hydrogen) atoms. The third-order valence-electron chi connectivity index (χ3n) is 4.86. The number of aliphatic imine (C=N–C) groups is 1. The van der Waals surface area contributed by atoms with E-state index in [1.165, 1.54) is 18.4 Å². The molecule has 1 fully saturated rings. The summed E-state index contributed by atoms with van der Waals surface area (Å²) in [6.45, 7) is 7.25. The highest BCUT2D eigenvalue weighted by atomic mass is 16.5. The first-order chi connectivity index (χ1) is 13.1. The van der Waals surface area contributed by atoms with Crippen molar-refractivity contribution >= 4 is 5.96 Å². The number of likely N-dealkylation sites (N-methyl/N-ethyl adjacent to an activating group) is 1. The zero-order valence-electron chi connectivity index (χ0n) is 16.9. The Morgan fingerprint density at radius 2 is 2.11 bits per heavy atom. The standard InChI is InChI=1S/C21H31N5O/c1-16-13-17(2)26(24-16)20-8-6-5-7-19(20)14-23-21(22-3)25(4)11-12-27-15-18-9-10-18/h5-8,13,18H,9-12,14-15H2,1-4H3,(H,22,23). The van der Waals surface area contributed by atoms with Gasteiger partial charge in [0.05, 0.1) is 18.0 Å². The minimum atomic E-state index is 0.689. The van der Waals surface area contributed by atoms with E-state index in [1.54, 1.807) is 0 Å². The number of nitrogens with one attached hydrogen (secondary N) is 1. The quantitative estimate of drug-likeness (QED) is 0.442. The van der Waals surface area contributed by atoms with E-state index in [-0.39, 0.29) is 0 Å². The summed E-state index contributed by atoms with van der Waals surface area (Å²) in [6, 6.07) is 10.4. The van der Waals surface area contributed by atoms with Crippen LogP contribution in [0.1, 0.15) is 29.8 Å². The van der Waals surface area contributed by atoms with Crippen molar-refractivity contribution in [3.05, 3.63) is 47.3 Å². The first-order valence-corrected chi connectivity index (χ1v) is 9.69. The van der Waals surface area contributed by atoms with Crippen LogP contribution < -0.4 is 5.32 Å². The van der Waals surface area contributed by atoms with E-state index in [0.29, 0.717) is 6.54 Å². The average molecular weight is 370 g/mol. The topological polar surface area (TPSA) is 54.7 Å². The van der Waals surface area contributed by atoms with Gasteiger partial charge in [-0.2, -0.15) is 5.10 Å². The second-order valence-corrected chi connectivity index (χ2v) is 7.31. The van der Waals surface area contributed by atoms with Gasteiger partial charge in [-0.25, -0.2) is 4.68 Å². The van der Waals surface area contributed by atoms with Gasteiger partial charge in [-0.3, -0.25) is 4.99 Å². The number of para-hydroxylation sites is 1. The van der Waals surface area contributed by atoms with Crippen LogP contribution in [0.4, 0.5) is 0 Å². The summed E-state index contributed by atoms with van der Waals surface area (Å²) in [7, 11) is 3.86. The van der Waals surface area contributed by atoms with E-state index in [9.17, 15) is 0 Å². The van der Waals surface area contributed by atoms with Crippen LogP contribution in [-0.4, -0.2) is 54.5 Å². The van der Waals surface area contributed by atoms with E-state index >= 15 is 0 Å². The Bertz CT molecular complexity index is 779. The Kier molecular flexibility index (Phi) is 6.50. The Balaban J connectivity index is 1.58. The summed E-state index contributed by atoms with van der Waals surface area (Å²) >= 11 is 0. The molecular weight excluding hydrogens is 338 g/mol. The van der Waals surface area contributed by atoms with Crippen LogP contribution in [0.5, 0.6) is 0 Å². The highest BCUT2D eigenvalue weighted by molar-refractivity contribution is 5.79. The molecule has 6 heteroatoms. The number of ether oxygens (including phenoxy) is 1. The van der Waals surface area contributed by atoms with E-state index < -0.39 is 0 Å². The smallest absolute Gasteiger partial charge is 0.193 e. The highest BCUT2D eigenvalue weighted by Gasteiger charge is 2.21. The number of hydrogen-bond donors (Lipinski definition) is 1. The van der Waals surface area contributed by atoms with E-state index in [2.05, 4.69) is 51.5 Å². The fourth-order valence-electron chi connectivity index (χ4n) is 3.14. The molecule has 0 unspecified atom stereocenters. The maximum Gasteiger partial charge on any atom is 0.193 e. The fraction of sp³-hybridized carbons (Fsp3) is 0.524. The summed E-state index contributed by atoms with van der Waals surface area (Å²) < 4.78 is 7.75. The monoisotopic (exact) mass is 369 g/mol. The lowest BCUT2D eigenvalue weighted by Gasteiger charge is -2.22. The fourth-order valence-corrected chi connectivity index (χ4v) is 3.14. The van der Waals surface area contributed by atoms with Gasteiger partial charge in [0, 0.05) is 39.5 Å². The molecule has 1 saturated carbocycles. The van der Waals surface area contributed by atoms with Crippen LogP contribution in [0, 0.1) is 19.8 Å². The molecule has 0 saturated heterocycles. The molecule has 146 valence electrons. The van der Waals surface area contributed by atoms with Crippen LogP contribution in [0.3, 0.4) is 0 Å². The SMILES string of the molecule is CN=C(NCc1ccccc1-n1nc(C)cc1C)N(C)CCOCC1CC1. The van der Waals surface area contributed by atoms with Crippen LogP contribution in [0.15, 0.2) is 35.3 Å². The molecule has 0 bridgehead atoms. The number of guanidine groups is 1. The predicted molar refractivity (Wildman–Crippen MR) is 109 cm³/mol. The largest absolute Gasteiger partial charge is 0.379 e. The average Bonchev–Trinajstić information content (AvgIpc) is 3.42. The van der Waals surface area contributed by atoms with Gasteiger partial charge >= 0.3 is 0 Å². The molecule has 1 aliphatic rings. The molecule has 2 aromatic rings. The molecule has 1 heterocycles. The molecule has 1 aromatic heterocycles. The van der Waals surface area contributed by atoms with Gasteiger partial charge in [0.2, 0.25) is 0 Å². The Morgan fingerprint density at radius 3 is 2.78 bits per heavy atom. The predicted octanol–water partition coefficient (Wildman–Crippen LogP) is 2.92. The van der Waals surface area contributed by atoms with Crippen LogP contribution in [0.25, 0.3) is 5.69 Å². The summed E-state index contributed by atoms with van der Waals surface area (Å²) in [5.41, 5.74) is 4.44. The van der Waals surface area contributed by atoms with Crippen molar-refractivity contribution in [1.29, 1.82) is 0 Å². The van der Waals surface area contributed by atoms with Crippen molar-refractivity contribution in [2.45, 2.75) is 33.2 Å². The van der Waals surface area contributed by atoms with Crippen molar-refractivity contribution < 1.29 is 4.74 Å². The number of aryl methyl sites for hydroxylation is 2. The van der Waals surface area contributed by atoms with E-state index in [1.807, 2.05) is 31.8 Å². The van der Waals surface area contributed by atoms with Gasteiger partial charge in [0.25, 0.3) is 0 Å². The van der Waals surface area contributed by atoms with E-state index in [0.717, 1.165) is 48.7 Å². The second-order valence-electron chi connectivity index (χ2n) is 7.31. The molecule has 0 spiro atoms. The molecule has 1 N–H and O–H groups in total. The summed E-state index contributed by atoms with van der Waals surface area (Å²) in [4.78, 5) is 6.52. The summed E-state index contributed by atoms with van der Waals surface area (Å²) in [5.74, 6) is 1.67. The number of benzene rings is 1. The minimum Gasteiger partial charge on any atom is -0.379 e.